The number of urea groups is 1. The van der Waals surface area contributed by atoms with Crippen molar-refractivity contribution in [1.82, 2.24) is 15.4 Å². The number of aryl methyl sites for hydroxylation is 1. The van der Waals surface area contributed by atoms with Crippen molar-refractivity contribution < 1.29 is 14.1 Å². The molecule has 0 bridgehead atoms. The molecule has 0 aromatic carbocycles. The lowest BCUT2D eigenvalue weighted by Gasteiger charge is -2.31. The van der Waals surface area contributed by atoms with Crippen LogP contribution in [0.3, 0.4) is 0 Å². The van der Waals surface area contributed by atoms with E-state index < -0.39 is 0 Å². The van der Waals surface area contributed by atoms with E-state index in [0.717, 1.165) is 25.7 Å². The van der Waals surface area contributed by atoms with Crippen molar-refractivity contribution in [3.05, 3.63) is 11.8 Å². The van der Waals surface area contributed by atoms with Gasteiger partial charge in [0.05, 0.1) is 0 Å². The molecule has 2 aliphatic carbocycles. The van der Waals surface area contributed by atoms with Gasteiger partial charge in [-0.1, -0.05) is 43.7 Å². The van der Waals surface area contributed by atoms with Gasteiger partial charge in [0.1, 0.15) is 12.3 Å². The summed E-state index contributed by atoms with van der Waals surface area (Å²) in [6, 6.07) is 1.80. The number of aromatic nitrogens is 1. The van der Waals surface area contributed by atoms with Crippen LogP contribution in [0.15, 0.2) is 10.6 Å². The molecule has 0 unspecified atom stereocenters. The lowest BCUT2D eigenvalue weighted by Crippen LogP contribution is -2.49. The molecule has 3 rings (SSSR count). The maximum absolute atomic E-state index is 12.9. The zero-order chi connectivity index (χ0) is 19.1. The van der Waals surface area contributed by atoms with Crippen LogP contribution < -0.4 is 10.6 Å². The fourth-order valence-corrected chi connectivity index (χ4v) is 4.19. The second-order valence-electron chi connectivity index (χ2n) is 8.04. The van der Waals surface area contributed by atoms with Gasteiger partial charge in [0.25, 0.3) is 0 Å². The van der Waals surface area contributed by atoms with Gasteiger partial charge in [0, 0.05) is 18.7 Å². The van der Waals surface area contributed by atoms with Gasteiger partial charge in [-0.25, -0.2) is 4.79 Å². The number of hydrogen-bond donors (Lipinski definition) is 2. The number of amides is 3. The highest BCUT2D eigenvalue weighted by molar-refractivity contribution is 5.93. The van der Waals surface area contributed by atoms with Crippen molar-refractivity contribution in [2.45, 2.75) is 77.2 Å². The summed E-state index contributed by atoms with van der Waals surface area (Å²) in [6.45, 7) is 2.46. The number of carbonyl (C=O) groups is 2. The van der Waals surface area contributed by atoms with Crippen molar-refractivity contribution in [1.29, 1.82) is 0 Å². The van der Waals surface area contributed by atoms with Gasteiger partial charge in [-0.05, 0) is 38.5 Å². The van der Waals surface area contributed by atoms with Gasteiger partial charge in [0.15, 0.2) is 5.82 Å². The monoisotopic (exact) mass is 376 g/mol. The predicted molar refractivity (Wildman–Crippen MR) is 103 cm³/mol. The molecule has 0 radical (unpaired) electrons. The van der Waals surface area contributed by atoms with Gasteiger partial charge in [-0.15, -0.1) is 0 Å². The van der Waals surface area contributed by atoms with E-state index in [2.05, 4.69) is 15.8 Å². The third-order valence-electron chi connectivity index (χ3n) is 5.65. The Bertz CT molecular complexity index is 618. The number of rotatable bonds is 6. The molecule has 0 saturated heterocycles. The minimum atomic E-state index is -0.238. The Labute approximate surface area is 161 Å². The minimum absolute atomic E-state index is 0.0426. The molecule has 27 heavy (non-hydrogen) atoms. The summed E-state index contributed by atoms with van der Waals surface area (Å²) in [5.74, 6) is 1.28. The van der Waals surface area contributed by atoms with E-state index in [4.69, 9.17) is 4.52 Å². The van der Waals surface area contributed by atoms with Crippen LogP contribution in [0.1, 0.15) is 70.0 Å². The highest BCUT2D eigenvalue weighted by Gasteiger charge is 2.25. The summed E-state index contributed by atoms with van der Waals surface area (Å²) in [7, 11) is 0. The zero-order valence-electron chi connectivity index (χ0n) is 16.3. The lowest BCUT2D eigenvalue weighted by atomic mass is 9.89. The van der Waals surface area contributed by atoms with E-state index in [-0.39, 0.29) is 24.5 Å². The Morgan fingerprint density at radius 3 is 2.41 bits per heavy atom. The van der Waals surface area contributed by atoms with Crippen LogP contribution in [0.4, 0.5) is 10.6 Å². The molecule has 2 aliphatic rings. The highest BCUT2D eigenvalue weighted by Crippen LogP contribution is 2.25. The summed E-state index contributed by atoms with van der Waals surface area (Å²) >= 11 is 0. The molecule has 1 aromatic rings. The molecule has 0 aliphatic heterocycles. The van der Waals surface area contributed by atoms with Gasteiger partial charge < -0.3 is 20.1 Å². The Hall–Kier alpha value is -2.05. The molecule has 2 N–H and O–H groups in total. The molecule has 2 saturated carbocycles. The smallest absolute Gasteiger partial charge is 0.318 e. The summed E-state index contributed by atoms with van der Waals surface area (Å²) < 4.78 is 4.98. The SMILES string of the molecule is Cc1cc(NC(=O)CN(CC2CCCCC2)C(=O)NC2CCCCC2)no1. The predicted octanol–water partition coefficient (Wildman–Crippen LogP) is 3.85. The summed E-state index contributed by atoms with van der Waals surface area (Å²) in [4.78, 5) is 27.0. The van der Waals surface area contributed by atoms with E-state index in [1.165, 1.54) is 38.5 Å². The van der Waals surface area contributed by atoms with Crippen molar-refractivity contribution in [2.75, 3.05) is 18.4 Å². The topological polar surface area (TPSA) is 87.5 Å². The highest BCUT2D eigenvalue weighted by atomic mass is 16.5. The van der Waals surface area contributed by atoms with Crippen LogP contribution >= 0.6 is 0 Å². The average molecular weight is 377 g/mol. The first-order valence-electron chi connectivity index (χ1n) is 10.4. The lowest BCUT2D eigenvalue weighted by molar-refractivity contribution is -0.117. The molecule has 0 spiro atoms. The molecular weight excluding hydrogens is 344 g/mol. The number of nitrogens with zero attached hydrogens (tertiary/aromatic N) is 2. The van der Waals surface area contributed by atoms with Crippen molar-refractivity contribution in [3.63, 3.8) is 0 Å². The number of carbonyl (C=O) groups excluding carboxylic acids is 2. The second kappa shape index (κ2) is 9.76. The fourth-order valence-electron chi connectivity index (χ4n) is 4.19. The van der Waals surface area contributed by atoms with Gasteiger partial charge in [-0.3, -0.25) is 4.79 Å². The van der Waals surface area contributed by atoms with Crippen molar-refractivity contribution >= 4 is 17.8 Å². The molecule has 1 aromatic heterocycles. The van der Waals surface area contributed by atoms with E-state index in [9.17, 15) is 9.59 Å². The molecule has 7 heteroatoms. The summed E-state index contributed by atoms with van der Waals surface area (Å²) in [5, 5.41) is 9.67. The van der Waals surface area contributed by atoms with Crippen LogP contribution in [0.5, 0.6) is 0 Å². The van der Waals surface area contributed by atoms with E-state index in [1.807, 2.05) is 0 Å². The van der Waals surface area contributed by atoms with Gasteiger partial charge in [-0.2, -0.15) is 0 Å². The molecule has 0 atom stereocenters. The van der Waals surface area contributed by atoms with E-state index >= 15 is 0 Å². The van der Waals surface area contributed by atoms with Gasteiger partial charge >= 0.3 is 6.03 Å². The average Bonchev–Trinajstić information content (AvgIpc) is 3.07. The van der Waals surface area contributed by atoms with Crippen LogP contribution in [0, 0.1) is 12.8 Å². The Balaban J connectivity index is 1.58. The first-order chi connectivity index (χ1) is 13.1. The maximum atomic E-state index is 12.9. The first kappa shape index (κ1) is 19.7. The number of hydrogen-bond acceptors (Lipinski definition) is 4. The molecule has 2 fully saturated rings. The van der Waals surface area contributed by atoms with Crippen LogP contribution in [0.25, 0.3) is 0 Å². The fraction of sp³-hybridized carbons (Fsp3) is 0.750. The van der Waals surface area contributed by atoms with Crippen LogP contribution in [0.2, 0.25) is 0 Å². The van der Waals surface area contributed by atoms with Crippen LogP contribution in [-0.4, -0.2) is 41.1 Å². The molecular formula is C20H32N4O3. The van der Waals surface area contributed by atoms with Gasteiger partial charge in [0.2, 0.25) is 5.91 Å². The largest absolute Gasteiger partial charge is 0.360 e. The standard InChI is InChI=1S/C20H32N4O3/c1-15-12-18(23-27-15)22-19(25)14-24(13-16-8-4-2-5-9-16)20(26)21-17-10-6-3-7-11-17/h12,16-17H,2-11,13-14H2,1H3,(H,21,26)(H,22,23,25). The number of nitrogens with one attached hydrogen (secondary N) is 2. The third-order valence-corrected chi connectivity index (χ3v) is 5.65. The molecule has 3 amide bonds. The van der Waals surface area contributed by atoms with E-state index in [1.54, 1.807) is 17.9 Å². The summed E-state index contributed by atoms with van der Waals surface area (Å²) in [5.41, 5.74) is 0. The normalized spacial score (nSPS) is 18.9. The summed E-state index contributed by atoms with van der Waals surface area (Å²) in [6.07, 6.45) is 11.6. The maximum Gasteiger partial charge on any atom is 0.318 e. The Kier molecular flexibility index (Phi) is 7.12. The third kappa shape index (κ3) is 6.26. The Morgan fingerprint density at radius 1 is 1.11 bits per heavy atom. The first-order valence-corrected chi connectivity index (χ1v) is 10.4. The quantitative estimate of drug-likeness (QED) is 0.789. The van der Waals surface area contributed by atoms with Crippen molar-refractivity contribution in [3.8, 4) is 0 Å². The zero-order valence-corrected chi connectivity index (χ0v) is 16.3. The van der Waals surface area contributed by atoms with Crippen molar-refractivity contribution in [2.24, 2.45) is 5.92 Å². The molecule has 150 valence electrons. The minimum Gasteiger partial charge on any atom is -0.360 e. The van der Waals surface area contributed by atoms with Crippen LogP contribution in [-0.2, 0) is 4.79 Å². The van der Waals surface area contributed by atoms with E-state index in [0.29, 0.717) is 24.0 Å². The molecule has 7 nitrogen and oxygen atoms in total. The number of anilines is 1. The molecule has 1 heterocycles. The second-order valence-corrected chi connectivity index (χ2v) is 8.04. The Morgan fingerprint density at radius 2 is 1.78 bits per heavy atom.